The minimum Gasteiger partial charge on any atom is -0.442 e. The smallest absolute Gasteiger partial charge is 0.274 e. The van der Waals surface area contributed by atoms with E-state index in [-0.39, 0.29) is 17.5 Å². The van der Waals surface area contributed by atoms with Crippen LogP contribution in [-0.4, -0.2) is 19.3 Å². The van der Waals surface area contributed by atoms with Crippen LogP contribution in [0.2, 0.25) is 5.02 Å². The van der Waals surface area contributed by atoms with E-state index in [4.69, 9.17) is 16.0 Å². The molecule has 2 N–H and O–H groups in total. The number of rotatable bonds is 6. The number of aromatic nitrogens is 1. The molecule has 7 nitrogen and oxygen atoms in total. The van der Waals surface area contributed by atoms with Crippen LogP contribution >= 0.6 is 22.9 Å². The summed E-state index contributed by atoms with van der Waals surface area (Å²) >= 11 is 7.25. The predicted molar refractivity (Wildman–Crippen MR) is 104 cm³/mol. The maximum Gasteiger partial charge on any atom is 0.274 e. The summed E-state index contributed by atoms with van der Waals surface area (Å²) in [5.41, 5.74) is 1.29. The lowest BCUT2D eigenvalue weighted by Crippen LogP contribution is -2.22. The lowest BCUT2D eigenvalue weighted by atomic mass is 10.2. The fourth-order valence-electron chi connectivity index (χ4n) is 2.30. The minimum absolute atomic E-state index is 0.0459. The lowest BCUT2D eigenvalue weighted by molar-refractivity contribution is -0.114. The van der Waals surface area contributed by atoms with Gasteiger partial charge >= 0.3 is 0 Å². The Morgan fingerprint density at radius 3 is 2.70 bits per heavy atom. The van der Waals surface area contributed by atoms with E-state index in [1.54, 1.807) is 37.3 Å². The molecule has 3 rings (SSSR count). The molecule has 0 aliphatic heterocycles. The molecule has 27 heavy (non-hydrogen) atoms. The number of amides is 1. The van der Waals surface area contributed by atoms with Crippen molar-refractivity contribution in [2.45, 2.75) is 25.5 Å². The van der Waals surface area contributed by atoms with Crippen molar-refractivity contribution >= 4 is 44.0 Å². The number of furan rings is 1. The van der Waals surface area contributed by atoms with E-state index in [0.29, 0.717) is 32.0 Å². The second-order valence-electron chi connectivity index (χ2n) is 5.65. The zero-order valence-corrected chi connectivity index (χ0v) is 16.8. The average Bonchev–Trinajstić information content (AvgIpc) is 3.21. The molecule has 1 aromatic carbocycles. The molecule has 0 aliphatic rings. The van der Waals surface area contributed by atoms with Gasteiger partial charge in [-0.25, -0.2) is 18.1 Å². The number of hydrogen-bond donors (Lipinski definition) is 2. The first-order chi connectivity index (χ1) is 12.8. The van der Waals surface area contributed by atoms with Crippen molar-refractivity contribution < 1.29 is 17.6 Å². The van der Waals surface area contributed by atoms with Crippen molar-refractivity contribution in [3.05, 3.63) is 52.7 Å². The van der Waals surface area contributed by atoms with Crippen LogP contribution in [0.5, 0.6) is 0 Å². The summed E-state index contributed by atoms with van der Waals surface area (Å²) in [7, 11) is -3.85. The number of carbonyl (C=O) groups is 1. The Morgan fingerprint density at radius 2 is 2.00 bits per heavy atom. The minimum atomic E-state index is -3.85. The maximum absolute atomic E-state index is 12.5. The Labute approximate surface area is 165 Å². The summed E-state index contributed by atoms with van der Waals surface area (Å²) in [5, 5.41) is 3.29. The van der Waals surface area contributed by atoms with Crippen LogP contribution < -0.4 is 10.0 Å². The van der Waals surface area contributed by atoms with Crippen molar-refractivity contribution in [1.29, 1.82) is 0 Å². The molecule has 0 fully saturated rings. The highest BCUT2D eigenvalue weighted by molar-refractivity contribution is 7.89. The quantitative estimate of drug-likeness (QED) is 0.625. The number of sulfonamides is 1. The number of thiazole rings is 1. The van der Waals surface area contributed by atoms with E-state index in [1.165, 1.54) is 24.3 Å². The number of anilines is 1. The Bertz CT molecular complexity index is 1090. The summed E-state index contributed by atoms with van der Waals surface area (Å²) in [4.78, 5) is 16.0. The zero-order valence-electron chi connectivity index (χ0n) is 14.4. The van der Waals surface area contributed by atoms with Crippen LogP contribution in [0.15, 0.2) is 45.9 Å². The molecule has 142 valence electrons. The summed E-state index contributed by atoms with van der Waals surface area (Å²) in [5.74, 6) is 0.126. The van der Waals surface area contributed by atoms with Crippen LogP contribution in [0.25, 0.3) is 10.6 Å². The highest BCUT2D eigenvalue weighted by atomic mass is 35.5. The van der Waals surface area contributed by atoms with Crippen LogP contribution in [0.3, 0.4) is 0 Å². The number of halogens is 1. The third-order valence-electron chi connectivity index (χ3n) is 3.56. The number of carbonyl (C=O) groups excluding carboxylic acids is 1. The Kier molecular flexibility index (Phi) is 5.66. The molecule has 0 spiro atoms. The van der Waals surface area contributed by atoms with Gasteiger partial charge in [0.25, 0.3) is 10.0 Å². The fourth-order valence-corrected chi connectivity index (χ4v) is 4.41. The number of benzene rings is 1. The molecule has 10 heteroatoms. The number of aryl methyl sites for hydroxylation is 1. The van der Waals surface area contributed by atoms with E-state index in [1.807, 2.05) is 0 Å². The van der Waals surface area contributed by atoms with Crippen LogP contribution in [-0.2, 0) is 21.4 Å². The monoisotopic (exact) mass is 425 g/mol. The number of nitrogens with one attached hydrogen (secondary N) is 2. The van der Waals surface area contributed by atoms with E-state index in [9.17, 15) is 13.2 Å². The van der Waals surface area contributed by atoms with Crippen molar-refractivity contribution in [2.24, 2.45) is 0 Å². The largest absolute Gasteiger partial charge is 0.442 e. The summed E-state index contributed by atoms with van der Waals surface area (Å²) in [6.45, 7) is 3.19. The van der Waals surface area contributed by atoms with Crippen LogP contribution in [0.4, 0.5) is 5.13 Å². The standard InChI is InChI=1S/C17H16ClN3O4S2/c1-10-16(26-17(20-10)21-11(2)22)14-7-8-15(25-14)27(23,24)19-9-12-5-3-4-6-13(12)18/h3-8,19H,9H2,1-2H3,(H,20,21,22). The van der Waals surface area contributed by atoms with Gasteiger partial charge in [0.1, 0.15) is 5.76 Å². The van der Waals surface area contributed by atoms with Gasteiger partial charge in [-0.05, 0) is 30.7 Å². The molecule has 0 atom stereocenters. The van der Waals surface area contributed by atoms with E-state index in [2.05, 4.69) is 15.0 Å². The molecule has 0 unspecified atom stereocenters. The number of hydrogen-bond acceptors (Lipinski definition) is 6. The molecule has 2 aromatic heterocycles. The Morgan fingerprint density at radius 1 is 1.26 bits per heavy atom. The maximum atomic E-state index is 12.5. The van der Waals surface area contributed by atoms with Crippen LogP contribution in [0, 0.1) is 6.92 Å². The molecule has 0 radical (unpaired) electrons. The molecule has 0 aliphatic carbocycles. The fraction of sp³-hybridized carbons (Fsp3) is 0.176. The molecule has 0 saturated carbocycles. The van der Waals surface area contributed by atoms with Gasteiger partial charge in [-0.3, -0.25) is 4.79 Å². The van der Waals surface area contributed by atoms with Gasteiger partial charge in [-0.1, -0.05) is 41.1 Å². The third-order valence-corrected chi connectivity index (χ3v) is 6.29. The molecular weight excluding hydrogens is 410 g/mol. The zero-order chi connectivity index (χ0) is 19.6. The molecule has 1 amide bonds. The summed E-state index contributed by atoms with van der Waals surface area (Å²) in [6, 6.07) is 9.91. The molecule has 3 aromatic rings. The first kappa shape index (κ1) is 19.6. The van der Waals surface area contributed by atoms with Crippen molar-refractivity contribution in [1.82, 2.24) is 9.71 Å². The molecule has 0 bridgehead atoms. The van der Waals surface area contributed by atoms with Crippen molar-refractivity contribution in [3.63, 3.8) is 0 Å². The molecule has 0 saturated heterocycles. The highest BCUT2D eigenvalue weighted by Crippen LogP contribution is 2.34. The Hall–Kier alpha value is -2.20. The lowest BCUT2D eigenvalue weighted by Gasteiger charge is -2.06. The topological polar surface area (TPSA) is 101 Å². The van der Waals surface area contributed by atoms with E-state index < -0.39 is 10.0 Å². The number of nitrogens with zero attached hydrogens (tertiary/aromatic N) is 1. The van der Waals surface area contributed by atoms with Gasteiger partial charge in [-0.15, -0.1) is 0 Å². The third kappa shape index (κ3) is 4.56. The van der Waals surface area contributed by atoms with Gasteiger partial charge in [0.2, 0.25) is 11.0 Å². The second-order valence-corrected chi connectivity index (χ2v) is 8.75. The normalized spacial score (nSPS) is 11.5. The van der Waals surface area contributed by atoms with Gasteiger partial charge in [0, 0.05) is 18.5 Å². The predicted octanol–water partition coefficient (Wildman–Crippen LogP) is 3.80. The van der Waals surface area contributed by atoms with Gasteiger partial charge in [0.05, 0.1) is 10.6 Å². The summed E-state index contributed by atoms with van der Waals surface area (Å²) in [6.07, 6.45) is 0. The summed E-state index contributed by atoms with van der Waals surface area (Å²) < 4.78 is 33.0. The SMILES string of the molecule is CC(=O)Nc1nc(C)c(-c2ccc(S(=O)(=O)NCc3ccccc3Cl)o2)s1. The molecule has 2 heterocycles. The average molecular weight is 426 g/mol. The van der Waals surface area contributed by atoms with Gasteiger partial charge in [0.15, 0.2) is 5.13 Å². The van der Waals surface area contributed by atoms with Crippen molar-refractivity contribution in [2.75, 3.05) is 5.32 Å². The van der Waals surface area contributed by atoms with Gasteiger partial charge in [-0.2, -0.15) is 0 Å². The first-order valence-electron chi connectivity index (χ1n) is 7.84. The van der Waals surface area contributed by atoms with Crippen LogP contribution in [0.1, 0.15) is 18.2 Å². The first-order valence-corrected chi connectivity index (χ1v) is 10.5. The highest BCUT2D eigenvalue weighted by Gasteiger charge is 2.21. The van der Waals surface area contributed by atoms with Crippen molar-refractivity contribution in [3.8, 4) is 10.6 Å². The van der Waals surface area contributed by atoms with Gasteiger partial charge < -0.3 is 9.73 Å². The van der Waals surface area contributed by atoms with E-state index >= 15 is 0 Å². The Balaban J connectivity index is 1.79. The molecular formula is C17H16ClN3O4S2. The second kappa shape index (κ2) is 7.81. The van der Waals surface area contributed by atoms with E-state index in [0.717, 1.165) is 0 Å².